The van der Waals surface area contributed by atoms with Crippen LogP contribution >= 0.6 is 23.4 Å². The van der Waals surface area contributed by atoms with Crippen molar-refractivity contribution in [2.45, 2.75) is 6.54 Å². The van der Waals surface area contributed by atoms with Gasteiger partial charge in [0, 0.05) is 5.56 Å². The van der Waals surface area contributed by atoms with Crippen LogP contribution in [0.2, 0.25) is 5.02 Å². The number of carbonyl (C=O) groups is 3. The van der Waals surface area contributed by atoms with Crippen LogP contribution in [0.4, 0.5) is 9.18 Å². The van der Waals surface area contributed by atoms with E-state index in [2.05, 4.69) is 0 Å². The van der Waals surface area contributed by atoms with E-state index in [0.29, 0.717) is 5.56 Å². The number of carbonyl (C=O) groups excluding carboxylic acids is 2. The summed E-state index contributed by atoms with van der Waals surface area (Å²) in [5.74, 6) is -1.97. The van der Waals surface area contributed by atoms with Crippen molar-refractivity contribution in [2.24, 2.45) is 0 Å². The Labute approximate surface area is 168 Å². The lowest BCUT2D eigenvalue weighted by molar-refractivity contribution is -0.139. The Bertz CT molecular complexity index is 994. The van der Waals surface area contributed by atoms with E-state index in [1.54, 1.807) is 12.1 Å². The van der Waals surface area contributed by atoms with E-state index in [1.165, 1.54) is 36.4 Å². The Morgan fingerprint density at radius 2 is 2.00 bits per heavy atom. The van der Waals surface area contributed by atoms with Crippen molar-refractivity contribution < 1.29 is 28.6 Å². The van der Waals surface area contributed by atoms with Crippen LogP contribution in [0.25, 0.3) is 6.08 Å². The molecule has 0 unspecified atom stereocenters. The van der Waals surface area contributed by atoms with Gasteiger partial charge in [0.25, 0.3) is 11.1 Å². The fraction of sp³-hybridized carbons (Fsp3) is 0.105. The van der Waals surface area contributed by atoms with Crippen LogP contribution in [0, 0.1) is 5.82 Å². The van der Waals surface area contributed by atoms with Gasteiger partial charge < -0.3 is 9.84 Å². The predicted molar refractivity (Wildman–Crippen MR) is 102 cm³/mol. The third-order valence-electron chi connectivity index (χ3n) is 3.76. The molecule has 28 heavy (non-hydrogen) atoms. The third-order valence-corrected chi connectivity index (χ3v) is 4.97. The number of benzene rings is 2. The van der Waals surface area contributed by atoms with Gasteiger partial charge in [0.05, 0.1) is 16.5 Å². The van der Waals surface area contributed by atoms with Gasteiger partial charge in [-0.05, 0) is 41.6 Å². The number of hydrogen-bond donors (Lipinski definition) is 1. The molecule has 0 aromatic heterocycles. The van der Waals surface area contributed by atoms with Gasteiger partial charge in [-0.1, -0.05) is 35.9 Å². The summed E-state index contributed by atoms with van der Waals surface area (Å²) in [5, 5.41) is 8.31. The second-order valence-electron chi connectivity index (χ2n) is 5.73. The number of ether oxygens (including phenoxy) is 1. The summed E-state index contributed by atoms with van der Waals surface area (Å²) >= 11 is 6.81. The molecule has 9 heteroatoms. The second kappa shape index (κ2) is 8.45. The third kappa shape index (κ3) is 4.52. The summed E-state index contributed by atoms with van der Waals surface area (Å²) in [6, 6.07) is 10.5. The molecule has 1 fully saturated rings. The fourth-order valence-corrected chi connectivity index (χ4v) is 3.53. The standard InChI is InChI=1S/C19H13ClFNO5S/c20-13-7-11(5-6-15(13)27-10-17(23)24)8-16-18(25)22(19(26)28-16)9-12-3-1-2-4-14(12)21/h1-8H,9-10H2,(H,23,24)/b16-8-. The Balaban J connectivity index is 1.77. The predicted octanol–water partition coefficient (Wildman–Crippen LogP) is 4.18. The molecule has 0 radical (unpaired) electrons. The zero-order valence-corrected chi connectivity index (χ0v) is 15.8. The minimum atomic E-state index is -1.14. The van der Waals surface area contributed by atoms with Gasteiger partial charge in [0.1, 0.15) is 11.6 Å². The van der Waals surface area contributed by atoms with Crippen molar-refractivity contribution in [3.8, 4) is 5.75 Å². The average Bonchev–Trinajstić information content (AvgIpc) is 2.90. The van der Waals surface area contributed by atoms with E-state index >= 15 is 0 Å². The zero-order valence-electron chi connectivity index (χ0n) is 14.2. The second-order valence-corrected chi connectivity index (χ2v) is 7.13. The highest BCUT2D eigenvalue weighted by atomic mass is 35.5. The quantitative estimate of drug-likeness (QED) is 0.704. The molecule has 1 N–H and O–H groups in total. The van der Waals surface area contributed by atoms with E-state index in [0.717, 1.165) is 16.7 Å². The van der Waals surface area contributed by atoms with Crippen molar-refractivity contribution in [1.29, 1.82) is 0 Å². The van der Waals surface area contributed by atoms with E-state index in [9.17, 15) is 18.8 Å². The zero-order chi connectivity index (χ0) is 20.3. The van der Waals surface area contributed by atoms with Crippen LogP contribution in [0.1, 0.15) is 11.1 Å². The largest absolute Gasteiger partial charge is 0.480 e. The maximum Gasteiger partial charge on any atom is 0.341 e. The first-order valence-corrected chi connectivity index (χ1v) is 9.17. The summed E-state index contributed by atoms with van der Waals surface area (Å²) in [6.07, 6.45) is 1.49. The van der Waals surface area contributed by atoms with Gasteiger partial charge in [-0.15, -0.1) is 0 Å². The van der Waals surface area contributed by atoms with E-state index in [1.807, 2.05) is 0 Å². The van der Waals surface area contributed by atoms with E-state index < -0.39 is 29.5 Å². The highest BCUT2D eigenvalue weighted by molar-refractivity contribution is 8.18. The number of carboxylic acid groups (broad SMARTS) is 1. The van der Waals surface area contributed by atoms with Crippen LogP contribution in [-0.2, 0) is 16.1 Å². The number of amides is 2. The highest BCUT2D eigenvalue weighted by Gasteiger charge is 2.35. The van der Waals surface area contributed by atoms with Gasteiger partial charge in [-0.2, -0.15) is 0 Å². The smallest absolute Gasteiger partial charge is 0.341 e. The highest BCUT2D eigenvalue weighted by Crippen LogP contribution is 2.34. The van der Waals surface area contributed by atoms with Crippen LogP contribution in [0.5, 0.6) is 5.75 Å². The fourth-order valence-electron chi connectivity index (χ4n) is 2.45. The lowest BCUT2D eigenvalue weighted by Crippen LogP contribution is -2.27. The minimum absolute atomic E-state index is 0.155. The Hall–Kier alpha value is -2.84. The molecular weight excluding hydrogens is 409 g/mol. The van der Waals surface area contributed by atoms with Gasteiger partial charge in [-0.25, -0.2) is 9.18 Å². The summed E-state index contributed by atoms with van der Waals surface area (Å²) in [4.78, 5) is 36.4. The Morgan fingerprint density at radius 3 is 2.68 bits per heavy atom. The first kappa shape index (κ1) is 19.9. The van der Waals surface area contributed by atoms with Crippen molar-refractivity contribution in [3.05, 3.63) is 69.3 Å². The molecule has 2 aromatic rings. The molecule has 0 aliphatic carbocycles. The first-order chi connectivity index (χ1) is 13.3. The number of rotatable bonds is 6. The number of halogens is 2. The molecule has 1 heterocycles. The van der Waals surface area contributed by atoms with Crippen molar-refractivity contribution in [2.75, 3.05) is 6.61 Å². The number of nitrogens with zero attached hydrogens (tertiary/aromatic N) is 1. The monoisotopic (exact) mass is 421 g/mol. The number of thioether (sulfide) groups is 1. The SMILES string of the molecule is O=C(O)COc1ccc(/C=C2\SC(=O)N(Cc3ccccc3F)C2=O)cc1Cl. The van der Waals surface area contributed by atoms with E-state index in [4.69, 9.17) is 21.4 Å². The van der Waals surface area contributed by atoms with Crippen LogP contribution in [0.15, 0.2) is 47.4 Å². The minimum Gasteiger partial charge on any atom is -0.480 e. The van der Waals surface area contributed by atoms with Crippen LogP contribution in [0.3, 0.4) is 0 Å². The van der Waals surface area contributed by atoms with Gasteiger partial charge in [-0.3, -0.25) is 14.5 Å². The lowest BCUT2D eigenvalue weighted by atomic mass is 10.2. The first-order valence-electron chi connectivity index (χ1n) is 7.98. The van der Waals surface area contributed by atoms with E-state index in [-0.39, 0.29) is 27.8 Å². The summed E-state index contributed by atoms with van der Waals surface area (Å²) in [5.41, 5.74) is 0.776. The Morgan fingerprint density at radius 1 is 1.25 bits per heavy atom. The maximum absolute atomic E-state index is 13.8. The number of hydrogen-bond acceptors (Lipinski definition) is 5. The molecule has 1 aliphatic heterocycles. The van der Waals surface area contributed by atoms with Gasteiger partial charge >= 0.3 is 5.97 Å². The van der Waals surface area contributed by atoms with Crippen LogP contribution in [-0.4, -0.2) is 33.7 Å². The average molecular weight is 422 g/mol. The normalized spacial score (nSPS) is 15.4. The molecule has 6 nitrogen and oxygen atoms in total. The van der Waals surface area contributed by atoms with Crippen LogP contribution < -0.4 is 4.74 Å². The summed E-state index contributed by atoms with van der Waals surface area (Å²) < 4.78 is 18.8. The van der Waals surface area contributed by atoms with Crippen molar-refractivity contribution in [3.63, 3.8) is 0 Å². The molecular formula is C19H13ClFNO5S. The molecule has 2 aromatic carbocycles. The molecule has 144 valence electrons. The topological polar surface area (TPSA) is 83.9 Å². The van der Waals surface area contributed by atoms with Crippen molar-refractivity contribution >= 4 is 46.6 Å². The molecule has 0 spiro atoms. The molecule has 0 saturated carbocycles. The Kier molecular flexibility index (Phi) is 6.01. The molecule has 1 aliphatic rings. The molecule has 1 saturated heterocycles. The molecule has 3 rings (SSSR count). The maximum atomic E-state index is 13.8. The number of aliphatic carboxylic acids is 1. The van der Waals surface area contributed by atoms with Gasteiger partial charge in [0.15, 0.2) is 6.61 Å². The number of carboxylic acids is 1. The molecule has 0 bridgehead atoms. The van der Waals surface area contributed by atoms with Crippen molar-refractivity contribution in [1.82, 2.24) is 4.90 Å². The number of imide groups is 1. The lowest BCUT2D eigenvalue weighted by Gasteiger charge is -2.12. The molecule has 2 amide bonds. The van der Waals surface area contributed by atoms with Gasteiger partial charge in [0.2, 0.25) is 0 Å². The summed E-state index contributed by atoms with van der Waals surface area (Å²) in [6.45, 7) is -0.689. The summed E-state index contributed by atoms with van der Waals surface area (Å²) in [7, 11) is 0. The molecule has 0 atom stereocenters.